The van der Waals surface area contributed by atoms with Gasteiger partial charge in [0.15, 0.2) is 0 Å². The second-order valence-electron chi connectivity index (χ2n) is 4.62. The van der Waals surface area contributed by atoms with Crippen molar-refractivity contribution >= 4 is 5.69 Å². The molecule has 1 saturated carbocycles. The third-order valence-corrected chi connectivity index (χ3v) is 3.20. The van der Waals surface area contributed by atoms with E-state index in [0.717, 1.165) is 25.7 Å². The Labute approximate surface area is 96.8 Å². The van der Waals surface area contributed by atoms with Gasteiger partial charge in [0.25, 0.3) is 0 Å². The van der Waals surface area contributed by atoms with Crippen molar-refractivity contribution in [3.63, 3.8) is 0 Å². The SMILES string of the molecule is Nc1cnn(CCOCC2CCCCC2)c1. The molecule has 0 saturated heterocycles. The summed E-state index contributed by atoms with van der Waals surface area (Å²) in [4.78, 5) is 0. The number of ether oxygens (including phenoxy) is 1. The molecule has 0 aromatic carbocycles. The fourth-order valence-electron chi connectivity index (χ4n) is 2.26. The minimum Gasteiger partial charge on any atom is -0.396 e. The Hall–Kier alpha value is -1.03. The van der Waals surface area contributed by atoms with Crippen molar-refractivity contribution in [2.75, 3.05) is 18.9 Å². The van der Waals surface area contributed by atoms with Crippen molar-refractivity contribution < 1.29 is 4.74 Å². The molecule has 4 heteroatoms. The van der Waals surface area contributed by atoms with Gasteiger partial charge < -0.3 is 10.5 Å². The van der Waals surface area contributed by atoms with Gasteiger partial charge in [-0.3, -0.25) is 4.68 Å². The second kappa shape index (κ2) is 5.89. The maximum atomic E-state index is 5.68. The van der Waals surface area contributed by atoms with Crippen LogP contribution in [-0.4, -0.2) is 23.0 Å². The Morgan fingerprint density at radius 3 is 2.88 bits per heavy atom. The highest BCUT2D eigenvalue weighted by atomic mass is 16.5. The number of hydrogen-bond acceptors (Lipinski definition) is 3. The molecule has 0 bridgehead atoms. The first kappa shape index (κ1) is 11.5. The maximum Gasteiger partial charge on any atom is 0.0719 e. The number of anilines is 1. The molecule has 1 aromatic rings. The summed E-state index contributed by atoms with van der Waals surface area (Å²) in [6, 6.07) is 0. The lowest BCUT2D eigenvalue weighted by Crippen LogP contribution is -2.15. The van der Waals surface area contributed by atoms with Crippen LogP contribution in [0.2, 0.25) is 0 Å². The molecule has 0 atom stereocenters. The van der Waals surface area contributed by atoms with Crippen LogP contribution >= 0.6 is 0 Å². The minimum atomic E-state index is 0.715. The van der Waals surface area contributed by atoms with Crippen molar-refractivity contribution in [3.05, 3.63) is 12.4 Å². The van der Waals surface area contributed by atoms with E-state index in [9.17, 15) is 0 Å². The van der Waals surface area contributed by atoms with Gasteiger partial charge in [-0.2, -0.15) is 5.10 Å². The summed E-state index contributed by atoms with van der Waals surface area (Å²) in [7, 11) is 0. The molecule has 1 fully saturated rings. The predicted octanol–water partition coefficient (Wildman–Crippen LogP) is 2.06. The van der Waals surface area contributed by atoms with E-state index in [0.29, 0.717) is 5.69 Å². The van der Waals surface area contributed by atoms with Gasteiger partial charge in [-0.25, -0.2) is 0 Å². The lowest BCUT2D eigenvalue weighted by atomic mass is 9.90. The van der Waals surface area contributed by atoms with Crippen molar-refractivity contribution in [1.29, 1.82) is 0 Å². The summed E-state index contributed by atoms with van der Waals surface area (Å²) in [5.41, 5.74) is 6.29. The summed E-state index contributed by atoms with van der Waals surface area (Å²) >= 11 is 0. The summed E-state index contributed by atoms with van der Waals surface area (Å²) in [6.45, 7) is 2.44. The Balaban J connectivity index is 1.57. The monoisotopic (exact) mass is 223 g/mol. The molecule has 1 heterocycles. The number of nitrogens with zero attached hydrogens (tertiary/aromatic N) is 2. The molecule has 1 aliphatic carbocycles. The van der Waals surface area contributed by atoms with Gasteiger partial charge in [0, 0.05) is 12.8 Å². The van der Waals surface area contributed by atoms with Crippen LogP contribution in [0.1, 0.15) is 32.1 Å². The smallest absolute Gasteiger partial charge is 0.0719 e. The number of nitrogens with two attached hydrogens (primary N) is 1. The Bertz CT molecular complexity index is 305. The van der Waals surface area contributed by atoms with Gasteiger partial charge >= 0.3 is 0 Å². The molecule has 2 rings (SSSR count). The van der Waals surface area contributed by atoms with Crippen molar-refractivity contribution in [2.24, 2.45) is 5.92 Å². The molecule has 0 amide bonds. The van der Waals surface area contributed by atoms with Gasteiger partial charge in [0.05, 0.1) is 25.0 Å². The van der Waals surface area contributed by atoms with E-state index in [1.807, 2.05) is 10.9 Å². The summed E-state index contributed by atoms with van der Waals surface area (Å²) in [5, 5.41) is 4.11. The minimum absolute atomic E-state index is 0.715. The van der Waals surface area contributed by atoms with E-state index in [1.165, 1.54) is 32.1 Å². The van der Waals surface area contributed by atoms with Gasteiger partial charge in [-0.1, -0.05) is 19.3 Å². The van der Waals surface area contributed by atoms with Crippen molar-refractivity contribution in [1.82, 2.24) is 9.78 Å². The van der Waals surface area contributed by atoms with Crippen LogP contribution in [-0.2, 0) is 11.3 Å². The predicted molar refractivity (Wildman–Crippen MR) is 64.0 cm³/mol. The van der Waals surface area contributed by atoms with Crippen LogP contribution in [0.15, 0.2) is 12.4 Å². The lowest BCUT2D eigenvalue weighted by molar-refractivity contribution is 0.0782. The molecule has 90 valence electrons. The molecule has 0 radical (unpaired) electrons. The summed E-state index contributed by atoms with van der Waals surface area (Å²) in [6.07, 6.45) is 10.4. The fraction of sp³-hybridized carbons (Fsp3) is 0.750. The average Bonchev–Trinajstić information content (AvgIpc) is 2.72. The summed E-state index contributed by atoms with van der Waals surface area (Å²) < 4.78 is 7.51. The number of aromatic nitrogens is 2. The first-order valence-corrected chi connectivity index (χ1v) is 6.20. The highest BCUT2D eigenvalue weighted by molar-refractivity contribution is 5.30. The normalized spacial score (nSPS) is 17.8. The van der Waals surface area contributed by atoms with Crippen LogP contribution in [0.3, 0.4) is 0 Å². The van der Waals surface area contributed by atoms with Crippen LogP contribution < -0.4 is 5.73 Å². The molecule has 0 unspecified atom stereocenters. The quantitative estimate of drug-likeness (QED) is 0.777. The van der Waals surface area contributed by atoms with Crippen molar-refractivity contribution in [3.8, 4) is 0 Å². The Morgan fingerprint density at radius 1 is 1.38 bits per heavy atom. The summed E-state index contributed by atoms with van der Waals surface area (Å²) in [5.74, 6) is 0.788. The van der Waals surface area contributed by atoms with Crippen LogP contribution in [0.4, 0.5) is 5.69 Å². The van der Waals surface area contributed by atoms with E-state index in [2.05, 4.69) is 5.10 Å². The van der Waals surface area contributed by atoms with E-state index in [1.54, 1.807) is 6.20 Å². The molecule has 1 aliphatic rings. The molecule has 0 spiro atoms. The van der Waals surface area contributed by atoms with E-state index >= 15 is 0 Å². The van der Waals surface area contributed by atoms with Gasteiger partial charge in [0.1, 0.15) is 0 Å². The molecule has 1 aromatic heterocycles. The first-order valence-electron chi connectivity index (χ1n) is 6.20. The van der Waals surface area contributed by atoms with Crippen LogP contribution in [0, 0.1) is 5.92 Å². The van der Waals surface area contributed by atoms with Gasteiger partial charge in [-0.15, -0.1) is 0 Å². The topological polar surface area (TPSA) is 53.1 Å². The number of nitrogen functional groups attached to an aromatic ring is 1. The van der Waals surface area contributed by atoms with E-state index in [4.69, 9.17) is 10.5 Å². The van der Waals surface area contributed by atoms with Gasteiger partial charge in [-0.05, 0) is 18.8 Å². The molecule has 2 N–H and O–H groups in total. The standard InChI is InChI=1S/C12H21N3O/c13-12-8-14-15(9-12)6-7-16-10-11-4-2-1-3-5-11/h8-9,11H,1-7,10,13H2. The Kier molecular flexibility index (Phi) is 4.22. The van der Waals surface area contributed by atoms with E-state index < -0.39 is 0 Å². The highest BCUT2D eigenvalue weighted by Gasteiger charge is 2.12. The van der Waals surface area contributed by atoms with E-state index in [-0.39, 0.29) is 0 Å². The van der Waals surface area contributed by atoms with Crippen LogP contribution in [0.25, 0.3) is 0 Å². The van der Waals surface area contributed by atoms with Crippen LogP contribution in [0.5, 0.6) is 0 Å². The second-order valence-corrected chi connectivity index (χ2v) is 4.62. The Morgan fingerprint density at radius 2 is 2.19 bits per heavy atom. The average molecular weight is 223 g/mol. The maximum absolute atomic E-state index is 5.68. The number of hydrogen-bond donors (Lipinski definition) is 1. The molecular formula is C12H21N3O. The fourth-order valence-corrected chi connectivity index (χ4v) is 2.26. The molecule has 16 heavy (non-hydrogen) atoms. The third kappa shape index (κ3) is 3.52. The zero-order valence-electron chi connectivity index (χ0n) is 9.77. The van der Waals surface area contributed by atoms with Gasteiger partial charge in [0.2, 0.25) is 0 Å². The van der Waals surface area contributed by atoms with Crippen molar-refractivity contribution in [2.45, 2.75) is 38.6 Å². The lowest BCUT2D eigenvalue weighted by Gasteiger charge is -2.21. The zero-order valence-corrected chi connectivity index (χ0v) is 9.77. The largest absolute Gasteiger partial charge is 0.396 e. The number of rotatable bonds is 5. The first-order chi connectivity index (χ1) is 7.84. The molecule has 0 aliphatic heterocycles. The highest BCUT2D eigenvalue weighted by Crippen LogP contribution is 2.23. The molecule has 4 nitrogen and oxygen atoms in total. The third-order valence-electron chi connectivity index (χ3n) is 3.20. The zero-order chi connectivity index (χ0) is 11.2. The molecular weight excluding hydrogens is 202 g/mol.